The second-order valence-electron chi connectivity index (χ2n) is 7.21. The van der Waals surface area contributed by atoms with E-state index in [0.717, 1.165) is 21.9 Å². The minimum Gasteiger partial charge on any atom is -0.423 e. The van der Waals surface area contributed by atoms with Gasteiger partial charge in [0.2, 0.25) is 0 Å². The van der Waals surface area contributed by atoms with Crippen LogP contribution in [0.3, 0.4) is 0 Å². The summed E-state index contributed by atoms with van der Waals surface area (Å²) in [6, 6.07) is 34.8. The summed E-state index contributed by atoms with van der Waals surface area (Å²) in [5, 5.41) is 24.0. The Morgan fingerprint density at radius 1 is 0.448 bits per heavy atom. The second-order valence-corrected chi connectivity index (χ2v) is 7.21. The van der Waals surface area contributed by atoms with Gasteiger partial charge in [-0.3, -0.25) is 0 Å². The lowest BCUT2D eigenvalue weighted by molar-refractivity contribution is 0.426. The molecule has 5 rings (SSSR count). The third-order valence-corrected chi connectivity index (χ3v) is 5.47. The molecule has 3 heteroatoms. The summed E-state index contributed by atoms with van der Waals surface area (Å²) in [6.45, 7) is 0. The van der Waals surface area contributed by atoms with E-state index in [1.807, 2.05) is 24.3 Å². The maximum Gasteiger partial charge on any atom is 0.488 e. The predicted octanol–water partition coefficient (Wildman–Crippen LogP) is 5.01. The topological polar surface area (TPSA) is 40.5 Å². The van der Waals surface area contributed by atoms with Crippen LogP contribution >= 0.6 is 0 Å². The smallest absolute Gasteiger partial charge is 0.423 e. The fourth-order valence-corrected chi connectivity index (χ4v) is 4.21. The molecule has 5 aromatic carbocycles. The monoisotopic (exact) mass is 374 g/mol. The van der Waals surface area contributed by atoms with E-state index in [1.54, 1.807) is 6.07 Å². The molecule has 5 aromatic rings. The predicted molar refractivity (Wildman–Crippen MR) is 122 cm³/mol. The lowest BCUT2D eigenvalue weighted by Crippen LogP contribution is -2.29. The van der Waals surface area contributed by atoms with Gasteiger partial charge < -0.3 is 10.0 Å². The molecular weight excluding hydrogens is 355 g/mol. The van der Waals surface area contributed by atoms with Crippen LogP contribution in [0.15, 0.2) is 103 Å². The first kappa shape index (κ1) is 17.7. The molecule has 0 saturated heterocycles. The standard InChI is InChI=1S/C26H19BO2/c28-27(29)20-12-8-11-19(17-20)26-23-15-6-4-13-21(23)25(18-9-2-1-3-10-18)22-14-5-7-16-24(22)26/h1-17,28-29H. The van der Waals surface area contributed by atoms with Crippen LogP contribution in [0.2, 0.25) is 0 Å². The van der Waals surface area contributed by atoms with Gasteiger partial charge in [-0.05, 0) is 49.3 Å². The van der Waals surface area contributed by atoms with Gasteiger partial charge in [-0.15, -0.1) is 0 Å². The first-order valence-electron chi connectivity index (χ1n) is 9.69. The Kier molecular flexibility index (Phi) is 4.40. The summed E-state index contributed by atoms with van der Waals surface area (Å²) in [7, 11) is -1.49. The zero-order valence-electron chi connectivity index (χ0n) is 15.8. The molecule has 0 radical (unpaired) electrons. The fourth-order valence-electron chi connectivity index (χ4n) is 4.21. The van der Waals surface area contributed by atoms with Gasteiger partial charge in [-0.1, -0.05) is 103 Å². The van der Waals surface area contributed by atoms with E-state index in [-0.39, 0.29) is 0 Å². The molecule has 0 saturated carbocycles. The van der Waals surface area contributed by atoms with E-state index in [4.69, 9.17) is 0 Å². The van der Waals surface area contributed by atoms with E-state index in [2.05, 4.69) is 72.8 Å². The molecule has 0 heterocycles. The van der Waals surface area contributed by atoms with E-state index in [0.29, 0.717) is 5.46 Å². The maximum atomic E-state index is 9.67. The van der Waals surface area contributed by atoms with Gasteiger partial charge in [-0.2, -0.15) is 0 Å². The van der Waals surface area contributed by atoms with Crippen LogP contribution in [0.25, 0.3) is 43.8 Å². The molecule has 0 spiro atoms. The number of fused-ring (bicyclic) bond motifs is 2. The summed E-state index contributed by atoms with van der Waals surface area (Å²) in [6.07, 6.45) is 0. The van der Waals surface area contributed by atoms with Gasteiger partial charge in [-0.25, -0.2) is 0 Å². The van der Waals surface area contributed by atoms with E-state index in [9.17, 15) is 10.0 Å². The molecule has 0 fully saturated rings. The van der Waals surface area contributed by atoms with Crippen molar-refractivity contribution in [1.82, 2.24) is 0 Å². The van der Waals surface area contributed by atoms with Crippen molar-refractivity contribution in [2.45, 2.75) is 0 Å². The lowest BCUT2D eigenvalue weighted by Gasteiger charge is -2.18. The molecule has 2 nitrogen and oxygen atoms in total. The van der Waals surface area contributed by atoms with Crippen molar-refractivity contribution in [1.29, 1.82) is 0 Å². The Morgan fingerprint density at radius 2 is 0.897 bits per heavy atom. The minimum absolute atomic E-state index is 0.489. The van der Waals surface area contributed by atoms with E-state index in [1.165, 1.54) is 21.9 Å². The van der Waals surface area contributed by atoms with Crippen LogP contribution in [0.1, 0.15) is 0 Å². The highest BCUT2D eigenvalue weighted by Gasteiger charge is 2.17. The molecule has 0 amide bonds. The lowest BCUT2D eigenvalue weighted by atomic mass is 9.78. The van der Waals surface area contributed by atoms with Crippen molar-refractivity contribution in [3.8, 4) is 22.3 Å². The quantitative estimate of drug-likeness (QED) is 0.344. The molecule has 0 bridgehead atoms. The van der Waals surface area contributed by atoms with E-state index < -0.39 is 7.12 Å². The number of hydrogen-bond donors (Lipinski definition) is 2. The van der Waals surface area contributed by atoms with Gasteiger partial charge in [0.25, 0.3) is 0 Å². The zero-order chi connectivity index (χ0) is 19.8. The molecule has 29 heavy (non-hydrogen) atoms. The summed E-state index contributed by atoms with van der Waals surface area (Å²) < 4.78 is 0. The number of rotatable bonds is 3. The fraction of sp³-hybridized carbons (Fsp3) is 0. The second kappa shape index (κ2) is 7.21. The highest BCUT2D eigenvalue weighted by atomic mass is 16.4. The molecule has 0 aliphatic heterocycles. The van der Waals surface area contributed by atoms with Gasteiger partial charge in [0, 0.05) is 0 Å². The largest absolute Gasteiger partial charge is 0.488 e. The van der Waals surface area contributed by atoms with Crippen molar-refractivity contribution in [3.05, 3.63) is 103 Å². The average Bonchev–Trinajstić information content (AvgIpc) is 2.78. The Morgan fingerprint density at radius 3 is 1.41 bits per heavy atom. The minimum atomic E-state index is -1.49. The van der Waals surface area contributed by atoms with Crippen LogP contribution in [0.5, 0.6) is 0 Å². The highest BCUT2D eigenvalue weighted by molar-refractivity contribution is 6.58. The Hall–Kier alpha value is -3.40. The van der Waals surface area contributed by atoms with Crippen LogP contribution in [0.4, 0.5) is 0 Å². The Bertz CT molecular complexity index is 1270. The zero-order valence-corrected chi connectivity index (χ0v) is 15.8. The van der Waals surface area contributed by atoms with Gasteiger partial charge in [0.1, 0.15) is 0 Å². The molecule has 0 aliphatic rings. The molecule has 0 aliphatic carbocycles. The summed E-state index contributed by atoms with van der Waals surface area (Å²) >= 11 is 0. The average molecular weight is 374 g/mol. The summed E-state index contributed by atoms with van der Waals surface area (Å²) in [5.41, 5.74) is 4.98. The molecular formula is C26H19BO2. The van der Waals surface area contributed by atoms with Crippen LogP contribution in [0, 0.1) is 0 Å². The van der Waals surface area contributed by atoms with Crippen molar-refractivity contribution in [2.75, 3.05) is 0 Å². The van der Waals surface area contributed by atoms with Crippen LogP contribution in [-0.2, 0) is 0 Å². The van der Waals surface area contributed by atoms with Gasteiger partial charge in [0.15, 0.2) is 0 Å². The maximum absolute atomic E-state index is 9.67. The third-order valence-electron chi connectivity index (χ3n) is 5.47. The molecule has 138 valence electrons. The molecule has 0 atom stereocenters. The summed E-state index contributed by atoms with van der Waals surface area (Å²) in [4.78, 5) is 0. The normalized spacial score (nSPS) is 11.1. The van der Waals surface area contributed by atoms with Gasteiger partial charge in [0.05, 0.1) is 0 Å². The Labute approximate surface area is 169 Å². The highest BCUT2D eigenvalue weighted by Crippen LogP contribution is 2.43. The van der Waals surface area contributed by atoms with Crippen LogP contribution < -0.4 is 5.46 Å². The molecule has 0 aromatic heterocycles. The van der Waals surface area contributed by atoms with Gasteiger partial charge >= 0.3 is 7.12 Å². The number of hydrogen-bond acceptors (Lipinski definition) is 2. The SMILES string of the molecule is OB(O)c1cccc(-c2c3ccccc3c(-c3ccccc3)c3ccccc23)c1. The molecule has 2 N–H and O–H groups in total. The van der Waals surface area contributed by atoms with Crippen molar-refractivity contribution < 1.29 is 10.0 Å². The van der Waals surface area contributed by atoms with Crippen molar-refractivity contribution in [3.63, 3.8) is 0 Å². The first-order chi connectivity index (χ1) is 14.2. The third kappa shape index (κ3) is 3.01. The first-order valence-corrected chi connectivity index (χ1v) is 9.69. The van der Waals surface area contributed by atoms with Crippen molar-refractivity contribution >= 4 is 34.1 Å². The Balaban J connectivity index is 1.95. The van der Waals surface area contributed by atoms with Crippen LogP contribution in [-0.4, -0.2) is 17.2 Å². The molecule has 0 unspecified atom stereocenters. The summed E-state index contributed by atoms with van der Waals surface area (Å²) in [5.74, 6) is 0. The van der Waals surface area contributed by atoms with Crippen molar-refractivity contribution in [2.24, 2.45) is 0 Å². The number of benzene rings is 5. The van der Waals surface area contributed by atoms with E-state index >= 15 is 0 Å².